The first-order valence-corrected chi connectivity index (χ1v) is 10.0. The van der Waals surface area contributed by atoms with Crippen LogP contribution >= 0.6 is 11.6 Å². The second-order valence-electron chi connectivity index (χ2n) is 7.65. The Bertz CT molecular complexity index is 884. The lowest BCUT2D eigenvalue weighted by molar-refractivity contribution is -0.00195. The number of nitrogens with zero attached hydrogens (tertiary/aromatic N) is 1. The minimum Gasteiger partial charge on any atom is -0.491 e. The Hall–Kier alpha value is -2.19. The fourth-order valence-corrected chi connectivity index (χ4v) is 4.24. The average Bonchev–Trinajstić information content (AvgIpc) is 3.05. The Kier molecular flexibility index (Phi) is 5.50. The van der Waals surface area contributed by atoms with E-state index < -0.39 is 6.10 Å². The molecule has 2 aliphatic rings. The predicted octanol–water partition coefficient (Wildman–Crippen LogP) is 3.53. The molecule has 2 aromatic rings. The highest BCUT2D eigenvalue weighted by Gasteiger charge is 2.42. The van der Waals surface area contributed by atoms with Gasteiger partial charge in [-0.2, -0.15) is 0 Å². The number of likely N-dealkylation sites (tertiary alicyclic amines) is 1. The lowest BCUT2D eigenvalue weighted by Gasteiger charge is -2.39. The van der Waals surface area contributed by atoms with Gasteiger partial charge in [-0.25, -0.2) is 0 Å². The van der Waals surface area contributed by atoms with Crippen molar-refractivity contribution in [1.82, 2.24) is 4.90 Å². The van der Waals surface area contributed by atoms with Crippen molar-refractivity contribution in [2.45, 2.75) is 31.0 Å². The first-order chi connectivity index (χ1) is 13.5. The largest absolute Gasteiger partial charge is 0.491 e. The number of aliphatic hydroxyl groups is 1. The Balaban J connectivity index is 1.25. The van der Waals surface area contributed by atoms with Gasteiger partial charge < -0.3 is 19.5 Å². The summed E-state index contributed by atoms with van der Waals surface area (Å²) in [6, 6.07) is 13.2. The van der Waals surface area contributed by atoms with Gasteiger partial charge in [-0.3, -0.25) is 0 Å². The fourth-order valence-electron chi connectivity index (χ4n) is 4.04. The number of ether oxygens (including phenoxy) is 2. The number of hydrogen-bond donors (Lipinski definition) is 1. The highest BCUT2D eigenvalue weighted by Crippen LogP contribution is 2.41. The zero-order valence-electron chi connectivity index (χ0n) is 15.7. The van der Waals surface area contributed by atoms with Gasteiger partial charge in [0, 0.05) is 49.5 Å². The van der Waals surface area contributed by atoms with Gasteiger partial charge in [0.2, 0.25) is 0 Å². The third kappa shape index (κ3) is 4.28. The van der Waals surface area contributed by atoms with Crippen molar-refractivity contribution in [2.75, 3.05) is 26.2 Å². The first kappa shape index (κ1) is 19.1. The number of piperidine rings is 1. The van der Waals surface area contributed by atoms with Gasteiger partial charge in [-0.1, -0.05) is 23.6 Å². The molecule has 0 aliphatic carbocycles. The quantitative estimate of drug-likeness (QED) is 0.784. The number of benzene rings is 2. The fraction of sp³-hybridized carbons (Fsp3) is 0.391. The maximum Gasteiger partial charge on any atom is 0.123 e. The molecule has 0 amide bonds. The number of hydrogen-bond acceptors (Lipinski definition) is 4. The van der Waals surface area contributed by atoms with Crippen molar-refractivity contribution in [3.63, 3.8) is 0 Å². The molecule has 0 aromatic heterocycles. The van der Waals surface area contributed by atoms with Crippen LogP contribution in [0.5, 0.6) is 11.5 Å². The monoisotopic (exact) mass is 397 g/mol. The lowest BCUT2D eigenvalue weighted by atomic mass is 9.87. The topological polar surface area (TPSA) is 41.9 Å². The molecule has 4 nitrogen and oxygen atoms in total. The van der Waals surface area contributed by atoms with Crippen LogP contribution in [-0.2, 0) is 6.42 Å². The van der Waals surface area contributed by atoms with Crippen molar-refractivity contribution in [2.24, 2.45) is 0 Å². The Morgan fingerprint density at radius 2 is 2.07 bits per heavy atom. The summed E-state index contributed by atoms with van der Waals surface area (Å²) in [5.41, 5.74) is 1.84. The van der Waals surface area contributed by atoms with Crippen LogP contribution in [0.3, 0.4) is 0 Å². The second-order valence-corrected chi connectivity index (χ2v) is 8.09. The zero-order chi connectivity index (χ0) is 19.6. The smallest absolute Gasteiger partial charge is 0.123 e. The lowest BCUT2D eigenvalue weighted by Crippen LogP contribution is -2.49. The number of β-amino-alcohol motifs (C(OH)–C–C–N with tert-alkyl or cyclic N) is 1. The molecule has 28 heavy (non-hydrogen) atoms. The number of terminal acetylenes is 1. The summed E-state index contributed by atoms with van der Waals surface area (Å²) in [5, 5.41) is 11.1. The normalized spacial score (nSPS) is 18.9. The van der Waals surface area contributed by atoms with Crippen LogP contribution in [0.25, 0.3) is 0 Å². The summed E-state index contributed by atoms with van der Waals surface area (Å²) in [6.45, 7) is 2.62. The van der Waals surface area contributed by atoms with Crippen LogP contribution < -0.4 is 9.47 Å². The first-order valence-electron chi connectivity index (χ1n) is 9.63. The van der Waals surface area contributed by atoms with E-state index in [0.717, 1.165) is 48.7 Å². The molecule has 2 aliphatic heterocycles. The second kappa shape index (κ2) is 8.05. The molecule has 1 spiro atoms. The predicted molar refractivity (Wildman–Crippen MR) is 110 cm³/mol. The van der Waals surface area contributed by atoms with Crippen LogP contribution in [0.4, 0.5) is 0 Å². The molecule has 4 rings (SSSR count). The summed E-state index contributed by atoms with van der Waals surface area (Å²) in [7, 11) is 0. The van der Waals surface area contributed by atoms with Crippen LogP contribution in [-0.4, -0.2) is 48.0 Å². The molecule has 2 heterocycles. The minimum absolute atomic E-state index is 0.124. The molecule has 1 atom stereocenters. The van der Waals surface area contributed by atoms with Crippen LogP contribution in [0.15, 0.2) is 42.5 Å². The summed E-state index contributed by atoms with van der Waals surface area (Å²) < 4.78 is 12.0. The maximum absolute atomic E-state index is 10.4. The van der Waals surface area contributed by atoms with Gasteiger partial charge in [0.1, 0.15) is 29.8 Å². The van der Waals surface area contributed by atoms with Crippen molar-refractivity contribution >= 4 is 11.6 Å². The third-order valence-corrected chi connectivity index (χ3v) is 5.78. The minimum atomic E-state index is -0.552. The van der Waals surface area contributed by atoms with Crippen LogP contribution in [0, 0.1) is 12.3 Å². The SMILES string of the molecule is C#Cc1cccc(OC[C@@H](O)CN2CCC3(CC2)Cc2cc(Cl)ccc2O3)c1. The van der Waals surface area contributed by atoms with E-state index in [0.29, 0.717) is 12.3 Å². The molecule has 0 unspecified atom stereocenters. The number of halogens is 1. The molecule has 5 heteroatoms. The van der Waals surface area contributed by atoms with Crippen molar-refractivity contribution in [3.8, 4) is 23.8 Å². The van der Waals surface area contributed by atoms with E-state index in [-0.39, 0.29) is 12.2 Å². The molecule has 0 bridgehead atoms. The molecule has 1 fully saturated rings. The van der Waals surface area contributed by atoms with E-state index in [1.807, 2.05) is 36.4 Å². The third-order valence-electron chi connectivity index (χ3n) is 5.54. The molecular weight excluding hydrogens is 374 g/mol. The van der Waals surface area contributed by atoms with E-state index in [1.54, 1.807) is 6.07 Å². The zero-order valence-corrected chi connectivity index (χ0v) is 16.5. The average molecular weight is 398 g/mol. The maximum atomic E-state index is 10.4. The van der Waals surface area contributed by atoms with Crippen molar-refractivity contribution < 1.29 is 14.6 Å². The molecule has 1 N–H and O–H groups in total. The van der Waals surface area contributed by atoms with Gasteiger partial charge in [0.05, 0.1) is 0 Å². The number of fused-ring (bicyclic) bond motifs is 1. The summed E-state index contributed by atoms with van der Waals surface area (Å²) in [5.74, 6) is 4.23. The Morgan fingerprint density at radius 1 is 1.25 bits per heavy atom. The number of rotatable bonds is 5. The Morgan fingerprint density at radius 3 is 2.86 bits per heavy atom. The number of aliphatic hydroxyl groups excluding tert-OH is 1. The molecule has 0 saturated carbocycles. The Labute approximate surface area is 171 Å². The van der Waals surface area contributed by atoms with E-state index >= 15 is 0 Å². The molecule has 0 radical (unpaired) electrons. The van der Waals surface area contributed by atoms with Crippen molar-refractivity contribution in [3.05, 3.63) is 58.6 Å². The standard InChI is InChI=1S/C23H24ClNO3/c1-2-17-4-3-5-21(12-17)27-16-20(26)15-25-10-8-23(9-11-25)14-18-13-19(24)6-7-22(18)28-23/h1,3-7,12-13,20,26H,8-11,14-16H2/t20-/m0/s1. The summed E-state index contributed by atoms with van der Waals surface area (Å²) >= 11 is 6.11. The van der Waals surface area contributed by atoms with E-state index in [4.69, 9.17) is 27.5 Å². The van der Waals surface area contributed by atoms with E-state index in [2.05, 4.69) is 10.8 Å². The van der Waals surface area contributed by atoms with E-state index in [1.165, 1.54) is 5.56 Å². The highest BCUT2D eigenvalue weighted by molar-refractivity contribution is 6.30. The van der Waals surface area contributed by atoms with Crippen LogP contribution in [0.2, 0.25) is 5.02 Å². The molecular formula is C23H24ClNO3. The van der Waals surface area contributed by atoms with Crippen LogP contribution in [0.1, 0.15) is 24.0 Å². The summed E-state index contributed by atoms with van der Waals surface area (Å²) in [6.07, 6.45) is 7.65. The molecule has 1 saturated heterocycles. The van der Waals surface area contributed by atoms with Gasteiger partial charge in [0.25, 0.3) is 0 Å². The molecule has 2 aromatic carbocycles. The van der Waals surface area contributed by atoms with Gasteiger partial charge in [-0.15, -0.1) is 6.42 Å². The van der Waals surface area contributed by atoms with E-state index in [9.17, 15) is 5.11 Å². The van der Waals surface area contributed by atoms with Gasteiger partial charge >= 0.3 is 0 Å². The summed E-state index contributed by atoms with van der Waals surface area (Å²) in [4.78, 5) is 2.27. The van der Waals surface area contributed by atoms with Gasteiger partial charge in [-0.05, 0) is 42.0 Å². The van der Waals surface area contributed by atoms with Gasteiger partial charge in [0.15, 0.2) is 0 Å². The molecule has 146 valence electrons. The van der Waals surface area contributed by atoms with Crippen molar-refractivity contribution in [1.29, 1.82) is 0 Å². The highest BCUT2D eigenvalue weighted by atomic mass is 35.5.